The fourth-order valence-corrected chi connectivity index (χ4v) is 0.931. The van der Waals surface area contributed by atoms with Gasteiger partial charge in [0.25, 0.3) is 0 Å². The molecule has 0 amide bonds. The highest BCUT2D eigenvalue weighted by Crippen LogP contribution is 2.09. The van der Waals surface area contributed by atoms with E-state index in [-0.39, 0.29) is 5.78 Å². The minimum atomic E-state index is 0.164. The molecule has 9 heavy (non-hydrogen) atoms. The van der Waals surface area contributed by atoms with Crippen molar-refractivity contribution in [1.29, 1.82) is 0 Å². The third kappa shape index (κ3) is 1.72. The lowest BCUT2D eigenvalue weighted by Crippen LogP contribution is -1.99. The van der Waals surface area contributed by atoms with Crippen LogP contribution in [0.3, 0.4) is 0 Å². The van der Waals surface area contributed by atoms with Gasteiger partial charge in [-0.15, -0.1) is 0 Å². The number of carbonyl (C=O) groups excluding carboxylic acids is 1. The van der Waals surface area contributed by atoms with Gasteiger partial charge in [-0.3, -0.25) is 4.79 Å². The Hall–Kier alpha value is -0.500. The number of hydrogen-bond acceptors (Lipinski definition) is 1. The van der Waals surface area contributed by atoms with Gasteiger partial charge >= 0.3 is 0 Å². The molecular weight excluding hydrogens is 132 g/mol. The smallest absolute Gasteiger partial charge is 0.159 e. The maximum Gasteiger partial charge on any atom is 0.159 e. The first-order chi connectivity index (χ1) is 4.33. The lowest BCUT2D eigenvalue weighted by molar-refractivity contribution is -0.114. The predicted molar refractivity (Wildman–Crippen MR) is 39.3 cm³/mol. The average Bonchev–Trinajstić information content (AvgIpc) is 1.88. The van der Waals surface area contributed by atoms with Gasteiger partial charge in [0, 0.05) is 12.2 Å². The molecule has 1 rings (SSSR count). The van der Waals surface area contributed by atoms with E-state index in [1.165, 1.54) is 0 Å². The molecule has 0 saturated carbocycles. The first-order valence-corrected chi connectivity index (χ1v) is 3.37. The Labute approximate surface area is 59.9 Å². The third-order valence-electron chi connectivity index (χ3n) is 1.20. The SMILES string of the molecule is O=C1C=CC=C(C[S])C1. The molecule has 1 nitrogen and oxygen atoms in total. The number of hydrogen-bond donors (Lipinski definition) is 0. The van der Waals surface area contributed by atoms with E-state index < -0.39 is 0 Å². The van der Waals surface area contributed by atoms with Crippen molar-refractivity contribution in [3.05, 3.63) is 23.8 Å². The molecule has 0 fully saturated rings. The molecule has 0 aromatic heterocycles. The Morgan fingerprint density at radius 2 is 2.44 bits per heavy atom. The minimum absolute atomic E-state index is 0.164. The van der Waals surface area contributed by atoms with Crippen molar-refractivity contribution in [2.45, 2.75) is 6.42 Å². The van der Waals surface area contributed by atoms with Crippen LogP contribution in [0.25, 0.3) is 0 Å². The van der Waals surface area contributed by atoms with Crippen LogP contribution < -0.4 is 0 Å². The zero-order valence-corrected chi connectivity index (χ0v) is 5.78. The molecule has 47 valence electrons. The van der Waals surface area contributed by atoms with Crippen LogP contribution in [0.1, 0.15) is 6.42 Å². The quantitative estimate of drug-likeness (QED) is 0.539. The van der Waals surface area contributed by atoms with Gasteiger partial charge in [0.15, 0.2) is 5.78 Å². The molecule has 0 unspecified atom stereocenters. The van der Waals surface area contributed by atoms with Crippen LogP contribution in [-0.2, 0) is 4.79 Å². The van der Waals surface area contributed by atoms with Crippen molar-refractivity contribution < 1.29 is 4.79 Å². The molecular formula is C7H7OS. The number of allylic oxidation sites excluding steroid dienone is 3. The molecule has 1 radical (unpaired) electrons. The average molecular weight is 139 g/mol. The standard InChI is InChI=1S/C7H7OS/c8-7-3-1-2-6(4-7)5-9/h1-3H,4-5H2. The van der Waals surface area contributed by atoms with Crippen LogP contribution in [0.2, 0.25) is 0 Å². The summed E-state index contributed by atoms with van der Waals surface area (Å²) in [5.41, 5.74) is 1.05. The second-order valence-electron chi connectivity index (χ2n) is 1.97. The fourth-order valence-electron chi connectivity index (χ4n) is 0.732. The number of ketones is 1. The summed E-state index contributed by atoms with van der Waals surface area (Å²) >= 11 is 4.77. The lowest BCUT2D eigenvalue weighted by atomic mass is 10.1. The van der Waals surface area contributed by atoms with Crippen molar-refractivity contribution in [2.24, 2.45) is 0 Å². The number of carbonyl (C=O) groups is 1. The van der Waals surface area contributed by atoms with E-state index in [9.17, 15) is 4.79 Å². The van der Waals surface area contributed by atoms with E-state index in [1.807, 2.05) is 6.08 Å². The van der Waals surface area contributed by atoms with Gasteiger partial charge < -0.3 is 0 Å². The Balaban J connectivity index is 2.65. The summed E-state index contributed by atoms with van der Waals surface area (Å²) in [6.07, 6.45) is 5.77. The molecule has 1 aliphatic rings. The highest BCUT2D eigenvalue weighted by molar-refractivity contribution is 7.80. The van der Waals surface area contributed by atoms with E-state index in [4.69, 9.17) is 12.6 Å². The lowest BCUT2D eigenvalue weighted by Gasteiger charge is -2.01. The van der Waals surface area contributed by atoms with Crippen molar-refractivity contribution in [2.75, 3.05) is 5.75 Å². The second-order valence-corrected chi connectivity index (χ2v) is 2.26. The van der Waals surface area contributed by atoms with Crippen LogP contribution in [0.15, 0.2) is 23.8 Å². The van der Waals surface area contributed by atoms with Crippen molar-refractivity contribution in [1.82, 2.24) is 0 Å². The molecule has 0 aromatic carbocycles. The second kappa shape index (κ2) is 2.87. The molecule has 0 aromatic rings. The van der Waals surface area contributed by atoms with Gasteiger partial charge in [0.1, 0.15) is 0 Å². The number of rotatable bonds is 1. The zero-order valence-electron chi connectivity index (χ0n) is 4.96. The summed E-state index contributed by atoms with van der Waals surface area (Å²) in [6.45, 7) is 0. The van der Waals surface area contributed by atoms with Crippen molar-refractivity contribution in [3.8, 4) is 0 Å². The summed E-state index contributed by atoms with van der Waals surface area (Å²) in [5, 5.41) is 0. The molecule has 0 bridgehead atoms. The molecule has 0 saturated heterocycles. The maximum atomic E-state index is 10.7. The summed E-state index contributed by atoms with van der Waals surface area (Å²) in [5.74, 6) is 0.744. The normalized spacial score (nSPS) is 17.9. The van der Waals surface area contributed by atoms with Crippen LogP contribution in [-0.4, -0.2) is 11.5 Å². The molecule has 0 heterocycles. The first kappa shape index (κ1) is 6.62. The molecule has 0 atom stereocenters. The molecule has 0 aliphatic heterocycles. The van der Waals surface area contributed by atoms with Gasteiger partial charge in [-0.05, 0) is 6.08 Å². The summed E-state index contributed by atoms with van der Waals surface area (Å²) in [6, 6.07) is 0. The Morgan fingerprint density at radius 1 is 1.67 bits per heavy atom. The zero-order chi connectivity index (χ0) is 6.69. The van der Waals surface area contributed by atoms with E-state index in [2.05, 4.69) is 0 Å². The van der Waals surface area contributed by atoms with Crippen LogP contribution >= 0.6 is 12.6 Å². The topological polar surface area (TPSA) is 17.1 Å². The molecule has 0 spiro atoms. The Morgan fingerprint density at radius 3 is 2.89 bits per heavy atom. The minimum Gasteiger partial charge on any atom is -0.294 e. The van der Waals surface area contributed by atoms with Gasteiger partial charge in [-0.2, -0.15) is 0 Å². The van der Waals surface area contributed by atoms with E-state index in [0.717, 1.165) is 5.57 Å². The fraction of sp³-hybridized carbons (Fsp3) is 0.286. The molecule has 1 aliphatic carbocycles. The Kier molecular flexibility index (Phi) is 2.11. The van der Waals surface area contributed by atoms with Crippen LogP contribution in [0.4, 0.5) is 0 Å². The van der Waals surface area contributed by atoms with E-state index in [1.54, 1.807) is 12.2 Å². The maximum absolute atomic E-state index is 10.7. The van der Waals surface area contributed by atoms with E-state index in [0.29, 0.717) is 12.2 Å². The monoisotopic (exact) mass is 139 g/mol. The van der Waals surface area contributed by atoms with Crippen LogP contribution in [0.5, 0.6) is 0 Å². The first-order valence-electron chi connectivity index (χ1n) is 2.80. The van der Waals surface area contributed by atoms with Gasteiger partial charge in [0.2, 0.25) is 0 Å². The Bertz CT molecular complexity index is 179. The summed E-state index contributed by atoms with van der Waals surface area (Å²) in [4.78, 5) is 10.7. The predicted octanol–water partition coefficient (Wildman–Crippen LogP) is 1.64. The van der Waals surface area contributed by atoms with Gasteiger partial charge in [-0.25, -0.2) is 0 Å². The largest absolute Gasteiger partial charge is 0.294 e. The molecule has 2 heteroatoms. The van der Waals surface area contributed by atoms with Crippen molar-refractivity contribution >= 4 is 18.4 Å². The van der Waals surface area contributed by atoms with Gasteiger partial charge in [-0.1, -0.05) is 30.4 Å². The molecule has 0 N–H and O–H groups in total. The summed E-state index contributed by atoms with van der Waals surface area (Å²) in [7, 11) is 0. The highest BCUT2D eigenvalue weighted by atomic mass is 32.1. The summed E-state index contributed by atoms with van der Waals surface area (Å²) < 4.78 is 0. The van der Waals surface area contributed by atoms with E-state index >= 15 is 0 Å². The van der Waals surface area contributed by atoms with Crippen molar-refractivity contribution in [3.63, 3.8) is 0 Å². The highest BCUT2D eigenvalue weighted by Gasteiger charge is 2.03. The van der Waals surface area contributed by atoms with Gasteiger partial charge in [0.05, 0.1) is 0 Å². The third-order valence-corrected chi connectivity index (χ3v) is 1.57. The van der Waals surface area contributed by atoms with Crippen LogP contribution in [0, 0.1) is 0 Å².